The molecule has 0 aromatic heterocycles. The number of amides is 1. The summed E-state index contributed by atoms with van der Waals surface area (Å²) in [5, 5.41) is 3.79. The molecule has 0 spiro atoms. The number of likely N-dealkylation sites (tertiary alicyclic amines) is 1. The van der Waals surface area contributed by atoms with Gasteiger partial charge in [-0.3, -0.25) is 4.79 Å². The molecule has 4 nitrogen and oxygen atoms in total. The van der Waals surface area contributed by atoms with Crippen LogP contribution in [0.15, 0.2) is 18.2 Å². The second-order valence-corrected chi connectivity index (χ2v) is 5.41. The number of carbonyl (C=O) groups excluding carboxylic acids is 1. The summed E-state index contributed by atoms with van der Waals surface area (Å²) in [5.74, 6) is 0.0187. The number of hydrogen-bond acceptors (Lipinski definition) is 3. The SMILES string of the molecule is CCNc1ccc(Cl)cc1C(=O)N1CCCC(OC)C1. The molecule has 1 heterocycles. The molecule has 1 unspecified atom stereocenters. The van der Waals surface area contributed by atoms with E-state index in [1.165, 1.54) is 0 Å². The Labute approximate surface area is 125 Å². The lowest BCUT2D eigenvalue weighted by Crippen LogP contribution is -2.43. The Kier molecular flexibility index (Phi) is 5.26. The van der Waals surface area contributed by atoms with Crippen molar-refractivity contribution < 1.29 is 9.53 Å². The number of methoxy groups -OCH3 is 1. The largest absolute Gasteiger partial charge is 0.385 e. The van der Waals surface area contributed by atoms with Crippen LogP contribution < -0.4 is 5.32 Å². The molecule has 0 bridgehead atoms. The standard InChI is InChI=1S/C15H21ClN2O2/c1-3-17-14-7-6-11(16)9-13(14)15(19)18-8-4-5-12(10-18)20-2/h6-7,9,12,17H,3-5,8,10H2,1-2H3. The predicted octanol–water partition coefficient (Wildman–Crippen LogP) is 3.02. The average molecular weight is 297 g/mol. The van der Waals surface area contributed by atoms with E-state index in [-0.39, 0.29) is 12.0 Å². The van der Waals surface area contributed by atoms with Crippen LogP contribution in [-0.4, -0.2) is 43.7 Å². The van der Waals surface area contributed by atoms with Crippen LogP contribution in [0.5, 0.6) is 0 Å². The van der Waals surface area contributed by atoms with E-state index in [9.17, 15) is 4.79 Å². The molecule has 2 rings (SSSR count). The van der Waals surface area contributed by atoms with Gasteiger partial charge < -0.3 is 15.0 Å². The first-order chi connectivity index (χ1) is 9.65. The lowest BCUT2D eigenvalue weighted by Gasteiger charge is -2.32. The average Bonchev–Trinajstić information content (AvgIpc) is 2.48. The van der Waals surface area contributed by atoms with Crippen molar-refractivity contribution in [1.29, 1.82) is 0 Å². The number of nitrogens with zero attached hydrogens (tertiary/aromatic N) is 1. The number of ether oxygens (including phenoxy) is 1. The van der Waals surface area contributed by atoms with Gasteiger partial charge in [-0.1, -0.05) is 11.6 Å². The van der Waals surface area contributed by atoms with Crippen LogP contribution in [0, 0.1) is 0 Å². The minimum Gasteiger partial charge on any atom is -0.385 e. The number of piperidine rings is 1. The summed E-state index contributed by atoms with van der Waals surface area (Å²) in [6, 6.07) is 5.39. The van der Waals surface area contributed by atoms with Crippen LogP contribution in [0.2, 0.25) is 5.02 Å². The maximum absolute atomic E-state index is 12.7. The highest BCUT2D eigenvalue weighted by molar-refractivity contribution is 6.31. The summed E-state index contributed by atoms with van der Waals surface area (Å²) in [5.41, 5.74) is 1.47. The number of anilines is 1. The topological polar surface area (TPSA) is 41.6 Å². The van der Waals surface area contributed by atoms with Gasteiger partial charge in [0.05, 0.1) is 11.7 Å². The van der Waals surface area contributed by atoms with Gasteiger partial charge in [0.1, 0.15) is 0 Å². The number of carbonyl (C=O) groups is 1. The number of benzene rings is 1. The fourth-order valence-electron chi connectivity index (χ4n) is 2.52. The molecule has 5 heteroatoms. The van der Waals surface area contributed by atoms with Gasteiger partial charge in [-0.05, 0) is 38.0 Å². The molecule has 1 atom stereocenters. The molecule has 110 valence electrons. The fourth-order valence-corrected chi connectivity index (χ4v) is 2.70. The Bertz CT molecular complexity index is 479. The molecule has 1 aromatic carbocycles. The first-order valence-corrected chi connectivity index (χ1v) is 7.39. The van der Waals surface area contributed by atoms with Crippen LogP contribution in [-0.2, 0) is 4.74 Å². The molecule has 1 saturated heterocycles. The number of rotatable bonds is 4. The van der Waals surface area contributed by atoms with Crippen LogP contribution in [0.4, 0.5) is 5.69 Å². The van der Waals surface area contributed by atoms with Gasteiger partial charge in [0.15, 0.2) is 0 Å². The van der Waals surface area contributed by atoms with Gasteiger partial charge in [0.25, 0.3) is 5.91 Å². The van der Waals surface area contributed by atoms with Gasteiger partial charge in [-0.15, -0.1) is 0 Å². The Hall–Kier alpha value is -1.26. The summed E-state index contributed by atoms with van der Waals surface area (Å²) in [6.45, 7) is 4.19. The van der Waals surface area contributed by atoms with Gasteiger partial charge in [0, 0.05) is 37.5 Å². The highest BCUT2D eigenvalue weighted by atomic mass is 35.5. The zero-order chi connectivity index (χ0) is 14.5. The third kappa shape index (κ3) is 3.44. The monoisotopic (exact) mass is 296 g/mol. The van der Waals surface area contributed by atoms with Crippen LogP contribution >= 0.6 is 11.6 Å². The molecular formula is C15H21ClN2O2. The number of halogens is 1. The normalized spacial score (nSPS) is 18.9. The molecule has 0 radical (unpaired) electrons. The zero-order valence-electron chi connectivity index (χ0n) is 12.0. The van der Waals surface area contributed by atoms with Crippen LogP contribution in [0.25, 0.3) is 0 Å². The van der Waals surface area contributed by atoms with E-state index in [0.29, 0.717) is 17.1 Å². The third-order valence-electron chi connectivity index (χ3n) is 3.58. The minimum absolute atomic E-state index is 0.0187. The molecule has 1 N–H and O–H groups in total. The quantitative estimate of drug-likeness (QED) is 0.928. The van der Waals surface area contributed by atoms with Gasteiger partial charge in [-0.25, -0.2) is 0 Å². The minimum atomic E-state index is 0.0187. The van der Waals surface area contributed by atoms with Crippen LogP contribution in [0.1, 0.15) is 30.1 Å². The maximum atomic E-state index is 12.7. The van der Waals surface area contributed by atoms with Crippen molar-refractivity contribution in [1.82, 2.24) is 4.90 Å². The summed E-state index contributed by atoms with van der Waals surface area (Å²) in [6.07, 6.45) is 2.12. The third-order valence-corrected chi connectivity index (χ3v) is 3.81. The smallest absolute Gasteiger partial charge is 0.256 e. The van der Waals surface area contributed by atoms with Crippen LogP contribution in [0.3, 0.4) is 0 Å². The van der Waals surface area contributed by atoms with Crippen molar-refractivity contribution in [3.05, 3.63) is 28.8 Å². The van der Waals surface area contributed by atoms with E-state index in [4.69, 9.17) is 16.3 Å². The molecule has 1 amide bonds. The Morgan fingerprint density at radius 3 is 3.05 bits per heavy atom. The Morgan fingerprint density at radius 1 is 1.55 bits per heavy atom. The van der Waals surface area contributed by atoms with Gasteiger partial charge in [0.2, 0.25) is 0 Å². The van der Waals surface area contributed by atoms with E-state index >= 15 is 0 Å². The first-order valence-electron chi connectivity index (χ1n) is 7.01. The predicted molar refractivity (Wildman–Crippen MR) is 81.6 cm³/mol. The number of nitrogens with one attached hydrogen (secondary N) is 1. The number of hydrogen-bond donors (Lipinski definition) is 1. The van der Waals surface area contributed by atoms with Crippen molar-refractivity contribution in [3.63, 3.8) is 0 Å². The molecule has 0 aliphatic carbocycles. The Balaban J connectivity index is 2.21. The second-order valence-electron chi connectivity index (χ2n) is 4.97. The van der Waals surface area contributed by atoms with Crippen molar-refractivity contribution in [2.45, 2.75) is 25.9 Å². The zero-order valence-corrected chi connectivity index (χ0v) is 12.7. The first kappa shape index (κ1) is 15.1. The van der Waals surface area contributed by atoms with Crippen molar-refractivity contribution in [2.24, 2.45) is 0 Å². The van der Waals surface area contributed by atoms with E-state index < -0.39 is 0 Å². The molecule has 1 fully saturated rings. The summed E-state index contributed by atoms with van der Waals surface area (Å²) < 4.78 is 5.37. The lowest BCUT2D eigenvalue weighted by atomic mass is 10.1. The van der Waals surface area contributed by atoms with E-state index in [1.807, 2.05) is 17.9 Å². The van der Waals surface area contributed by atoms with E-state index in [1.54, 1.807) is 19.2 Å². The highest BCUT2D eigenvalue weighted by Gasteiger charge is 2.25. The Morgan fingerprint density at radius 2 is 2.35 bits per heavy atom. The fraction of sp³-hybridized carbons (Fsp3) is 0.533. The lowest BCUT2D eigenvalue weighted by molar-refractivity contribution is 0.0269. The molecule has 0 saturated carbocycles. The van der Waals surface area contributed by atoms with E-state index in [2.05, 4.69) is 5.32 Å². The summed E-state index contributed by atoms with van der Waals surface area (Å²) >= 11 is 6.03. The second kappa shape index (κ2) is 6.95. The summed E-state index contributed by atoms with van der Waals surface area (Å²) in [4.78, 5) is 14.5. The summed E-state index contributed by atoms with van der Waals surface area (Å²) in [7, 11) is 1.70. The molecular weight excluding hydrogens is 276 g/mol. The molecule has 1 aliphatic rings. The van der Waals surface area contributed by atoms with Gasteiger partial charge >= 0.3 is 0 Å². The highest BCUT2D eigenvalue weighted by Crippen LogP contribution is 2.24. The van der Waals surface area contributed by atoms with Crippen molar-refractivity contribution >= 4 is 23.2 Å². The van der Waals surface area contributed by atoms with Gasteiger partial charge in [-0.2, -0.15) is 0 Å². The molecule has 1 aromatic rings. The molecule has 20 heavy (non-hydrogen) atoms. The van der Waals surface area contributed by atoms with Crippen molar-refractivity contribution in [3.8, 4) is 0 Å². The maximum Gasteiger partial charge on any atom is 0.256 e. The molecule has 1 aliphatic heterocycles. The van der Waals surface area contributed by atoms with Crippen molar-refractivity contribution in [2.75, 3.05) is 32.1 Å². The van der Waals surface area contributed by atoms with E-state index in [0.717, 1.165) is 31.6 Å².